The molecular formula is C12H13NO3. The van der Waals surface area contributed by atoms with Crippen LogP contribution in [-0.2, 0) is 22.7 Å². The van der Waals surface area contributed by atoms with Crippen LogP contribution in [0, 0.1) is 5.92 Å². The van der Waals surface area contributed by atoms with Gasteiger partial charge in [-0.25, -0.2) is 0 Å². The van der Waals surface area contributed by atoms with Gasteiger partial charge in [-0.1, -0.05) is 24.3 Å². The van der Waals surface area contributed by atoms with E-state index in [0.29, 0.717) is 13.1 Å². The summed E-state index contributed by atoms with van der Waals surface area (Å²) in [5.41, 5.74) is 2.21. The highest BCUT2D eigenvalue weighted by molar-refractivity contribution is 5.96. The van der Waals surface area contributed by atoms with E-state index in [0.717, 1.165) is 11.1 Å². The number of fused-ring (bicyclic) bond motifs is 1. The number of nitrogens with zero attached hydrogens (tertiary/aromatic N) is 1. The molecule has 1 aromatic carbocycles. The van der Waals surface area contributed by atoms with Crippen molar-refractivity contribution in [3.05, 3.63) is 35.4 Å². The summed E-state index contributed by atoms with van der Waals surface area (Å²) in [5.74, 6) is -2.35. The predicted molar refractivity (Wildman–Crippen MR) is 57.5 cm³/mol. The predicted octanol–water partition coefficient (Wildman–Crippen LogP) is 1.25. The Bertz CT molecular complexity index is 417. The maximum atomic E-state index is 11.8. The summed E-state index contributed by atoms with van der Waals surface area (Å²) in [6.45, 7) is 2.47. The van der Waals surface area contributed by atoms with Gasteiger partial charge in [-0.2, -0.15) is 0 Å². The topological polar surface area (TPSA) is 57.6 Å². The average Bonchev–Trinajstić information content (AvgIpc) is 2.70. The van der Waals surface area contributed by atoms with Crippen LogP contribution in [0.2, 0.25) is 0 Å². The number of hydrogen-bond donors (Lipinski definition) is 1. The number of rotatable bonds is 2. The van der Waals surface area contributed by atoms with E-state index in [4.69, 9.17) is 5.11 Å². The molecule has 1 aromatic rings. The first-order valence-corrected chi connectivity index (χ1v) is 5.18. The average molecular weight is 219 g/mol. The summed E-state index contributed by atoms with van der Waals surface area (Å²) in [6, 6.07) is 7.78. The molecule has 0 saturated heterocycles. The van der Waals surface area contributed by atoms with Crippen molar-refractivity contribution in [3.8, 4) is 0 Å². The minimum Gasteiger partial charge on any atom is -0.481 e. The van der Waals surface area contributed by atoms with E-state index in [1.807, 2.05) is 24.3 Å². The molecular weight excluding hydrogens is 206 g/mol. The number of amides is 1. The van der Waals surface area contributed by atoms with Crippen molar-refractivity contribution >= 4 is 11.9 Å². The maximum Gasteiger partial charge on any atom is 0.315 e. The molecule has 1 N–H and O–H groups in total. The number of carboxylic acid groups (broad SMARTS) is 1. The van der Waals surface area contributed by atoms with Gasteiger partial charge >= 0.3 is 5.97 Å². The van der Waals surface area contributed by atoms with E-state index >= 15 is 0 Å². The zero-order chi connectivity index (χ0) is 11.7. The Hall–Kier alpha value is -1.84. The second kappa shape index (κ2) is 3.96. The Kier molecular flexibility index (Phi) is 2.64. The van der Waals surface area contributed by atoms with E-state index in [-0.39, 0.29) is 5.91 Å². The highest BCUT2D eigenvalue weighted by Gasteiger charge is 2.29. The van der Waals surface area contributed by atoms with E-state index < -0.39 is 11.9 Å². The van der Waals surface area contributed by atoms with Gasteiger partial charge in [-0.15, -0.1) is 0 Å². The molecule has 1 aliphatic heterocycles. The van der Waals surface area contributed by atoms with Gasteiger partial charge in [-0.3, -0.25) is 9.59 Å². The first kappa shape index (κ1) is 10.7. The van der Waals surface area contributed by atoms with Gasteiger partial charge in [0.1, 0.15) is 5.92 Å². The quantitative estimate of drug-likeness (QED) is 0.761. The Morgan fingerprint density at radius 3 is 2.19 bits per heavy atom. The molecule has 16 heavy (non-hydrogen) atoms. The van der Waals surface area contributed by atoms with Gasteiger partial charge in [0, 0.05) is 13.1 Å². The number of aliphatic carboxylic acids is 1. The van der Waals surface area contributed by atoms with E-state index in [1.54, 1.807) is 4.90 Å². The van der Waals surface area contributed by atoms with Crippen molar-refractivity contribution < 1.29 is 14.7 Å². The van der Waals surface area contributed by atoms with Crippen molar-refractivity contribution in [2.75, 3.05) is 0 Å². The highest BCUT2D eigenvalue weighted by atomic mass is 16.4. The fourth-order valence-electron chi connectivity index (χ4n) is 1.87. The first-order chi connectivity index (χ1) is 7.59. The summed E-state index contributed by atoms with van der Waals surface area (Å²) in [5, 5.41) is 8.78. The molecule has 1 amide bonds. The number of hydrogen-bond acceptors (Lipinski definition) is 2. The molecule has 84 valence electrons. The van der Waals surface area contributed by atoms with Crippen molar-refractivity contribution in [1.29, 1.82) is 0 Å². The zero-order valence-corrected chi connectivity index (χ0v) is 9.01. The molecule has 0 aliphatic carbocycles. The summed E-state index contributed by atoms with van der Waals surface area (Å²) >= 11 is 0. The summed E-state index contributed by atoms with van der Waals surface area (Å²) in [4.78, 5) is 24.1. The fourth-order valence-corrected chi connectivity index (χ4v) is 1.87. The first-order valence-electron chi connectivity index (χ1n) is 5.18. The minimum atomic E-state index is -1.07. The van der Waals surface area contributed by atoms with Gasteiger partial charge in [0.05, 0.1) is 0 Å². The molecule has 4 heteroatoms. The monoisotopic (exact) mass is 219 g/mol. The van der Waals surface area contributed by atoms with Crippen LogP contribution in [0.3, 0.4) is 0 Å². The largest absolute Gasteiger partial charge is 0.481 e. The second-order valence-electron chi connectivity index (χ2n) is 4.02. The molecule has 1 unspecified atom stereocenters. The normalized spacial score (nSPS) is 15.7. The smallest absolute Gasteiger partial charge is 0.315 e. The van der Waals surface area contributed by atoms with Crippen molar-refractivity contribution in [2.45, 2.75) is 20.0 Å². The molecule has 0 radical (unpaired) electrons. The van der Waals surface area contributed by atoms with Gasteiger partial charge in [-0.05, 0) is 18.1 Å². The molecule has 0 spiro atoms. The van der Waals surface area contributed by atoms with Crippen LogP contribution >= 0.6 is 0 Å². The van der Waals surface area contributed by atoms with Gasteiger partial charge < -0.3 is 10.0 Å². The van der Waals surface area contributed by atoms with Crippen LogP contribution in [0.1, 0.15) is 18.1 Å². The molecule has 1 aliphatic rings. The maximum absolute atomic E-state index is 11.8. The Morgan fingerprint density at radius 1 is 1.25 bits per heavy atom. The summed E-state index contributed by atoms with van der Waals surface area (Å²) in [6.07, 6.45) is 0. The lowest BCUT2D eigenvalue weighted by molar-refractivity contribution is -0.150. The fraction of sp³-hybridized carbons (Fsp3) is 0.333. The number of carbonyl (C=O) groups is 2. The molecule has 0 aromatic heterocycles. The van der Waals surface area contributed by atoms with Crippen molar-refractivity contribution in [3.63, 3.8) is 0 Å². The third-order valence-corrected chi connectivity index (χ3v) is 2.89. The number of carbonyl (C=O) groups excluding carboxylic acids is 1. The number of benzene rings is 1. The van der Waals surface area contributed by atoms with Crippen molar-refractivity contribution in [1.82, 2.24) is 4.90 Å². The zero-order valence-electron chi connectivity index (χ0n) is 9.01. The molecule has 0 saturated carbocycles. The summed E-state index contributed by atoms with van der Waals surface area (Å²) < 4.78 is 0. The lowest BCUT2D eigenvalue weighted by Gasteiger charge is -2.17. The second-order valence-corrected chi connectivity index (χ2v) is 4.02. The standard InChI is InChI=1S/C12H13NO3/c1-8(12(15)16)11(14)13-6-9-4-2-3-5-10(9)7-13/h2-5,8H,6-7H2,1H3,(H,15,16). The van der Waals surface area contributed by atoms with E-state index in [9.17, 15) is 9.59 Å². The molecule has 1 atom stereocenters. The summed E-state index contributed by atoms with van der Waals surface area (Å²) in [7, 11) is 0. The van der Waals surface area contributed by atoms with Crippen LogP contribution in [0.4, 0.5) is 0 Å². The van der Waals surface area contributed by atoms with Gasteiger partial charge in [0.15, 0.2) is 0 Å². The van der Waals surface area contributed by atoms with Crippen LogP contribution in [0.5, 0.6) is 0 Å². The minimum absolute atomic E-state index is 0.316. The Balaban J connectivity index is 2.12. The Morgan fingerprint density at radius 2 is 1.75 bits per heavy atom. The lowest BCUT2D eigenvalue weighted by atomic mass is 10.1. The lowest BCUT2D eigenvalue weighted by Crippen LogP contribution is -2.34. The Labute approximate surface area is 93.5 Å². The van der Waals surface area contributed by atoms with Gasteiger partial charge in [0.25, 0.3) is 0 Å². The number of carboxylic acids is 1. The SMILES string of the molecule is CC(C(=O)O)C(=O)N1Cc2ccccc2C1. The van der Waals surface area contributed by atoms with Crippen LogP contribution in [0.15, 0.2) is 24.3 Å². The molecule has 4 nitrogen and oxygen atoms in total. The third-order valence-electron chi connectivity index (χ3n) is 2.89. The molecule has 0 fully saturated rings. The van der Waals surface area contributed by atoms with Crippen LogP contribution in [-0.4, -0.2) is 21.9 Å². The van der Waals surface area contributed by atoms with Crippen molar-refractivity contribution in [2.24, 2.45) is 5.92 Å². The van der Waals surface area contributed by atoms with E-state index in [2.05, 4.69) is 0 Å². The third kappa shape index (κ3) is 1.78. The molecule has 1 heterocycles. The van der Waals surface area contributed by atoms with Crippen LogP contribution in [0.25, 0.3) is 0 Å². The van der Waals surface area contributed by atoms with E-state index in [1.165, 1.54) is 6.92 Å². The molecule has 0 bridgehead atoms. The molecule has 2 rings (SSSR count). The highest BCUT2D eigenvalue weighted by Crippen LogP contribution is 2.23. The van der Waals surface area contributed by atoms with Crippen LogP contribution < -0.4 is 0 Å². The van der Waals surface area contributed by atoms with Gasteiger partial charge in [0.2, 0.25) is 5.91 Å².